The van der Waals surface area contributed by atoms with Gasteiger partial charge in [0.2, 0.25) is 0 Å². The van der Waals surface area contributed by atoms with E-state index in [9.17, 15) is 0 Å². The molecule has 6 nitrogen and oxygen atoms in total. The number of hydrogen-bond acceptors (Lipinski definition) is 4. The molecule has 1 heterocycles. The molecule has 2 aromatic rings. The second-order valence-corrected chi connectivity index (χ2v) is 6.83. The third kappa shape index (κ3) is 6.55. The maximum atomic E-state index is 6.04. The fourth-order valence-corrected chi connectivity index (χ4v) is 3.08. The molecular weight excluding hydrogens is 352 g/mol. The number of nitrogens with two attached hydrogens (primary N) is 1. The Balaban J connectivity index is 1.48. The minimum Gasteiger partial charge on any atom is -0.492 e. The Bertz CT molecular complexity index is 773. The van der Waals surface area contributed by atoms with E-state index in [0.717, 1.165) is 56.3 Å². The third-order valence-electron chi connectivity index (χ3n) is 4.72. The van der Waals surface area contributed by atoms with Crippen molar-refractivity contribution in [1.29, 1.82) is 0 Å². The molecule has 0 atom stereocenters. The van der Waals surface area contributed by atoms with Crippen LogP contribution in [0.2, 0.25) is 0 Å². The highest BCUT2D eigenvalue weighted by molar-refractivity contribution is 5.92. The maximum absolute atomic E-state index is 6.04. The largest absolute Gasteiger partial charge is 0.492 e. The summed E-state index contributed by atoms with van der Waals surface area (Å²) in [6.07, 6.45) is 0.991. The Morgan fingerprint density at radius 1 is 1.14 bits per heavy atom. The molecule has 3 rings (SSSR count). The van der Waals surface area contributed by atoms with E-state index in [4.69, 9.17) is 15.2 Å². The minimum atomic E-state index is 0.409. The van der Waals surface area contributed by atoms with Gasteiger partial charge in [-0.3, -0.25) is 4.90 Å². The van der Waals surface area contributed by atoms with Gasteiger partial charge in [-0.15, -0.1) is 0 Å². The molecule has 150 valence electrons. The lowest BCUT2D eigenvalue weighted by molar-refractivity contribution is 0.0322. The standard InChI is InChI=1S/C22H30N4O2/c1-2-18-5-3-7-20(15-18)25-22(23)24-17-19-6-4-8-21(16-19)28-14-11-26-9-12-27-13-10-26/h3-8,15-16H,2,9-14,17H2,1H3,(H3,23,24,25). The summed E-state index contributed by atoms with van der Waals surface area (Å²) in [7, 11) is 0. The molecule has 1 aliphatic rings. The van der Waals surface area contributed by atoms with Crippen LogP contribution < -0.4 is 15.8 Å². The molecule has 0 unspecified atom stereocenters. The molecule has 0 radical (unpaired) electrons. The van der Waals surface area contributed by atoms with Crippen LogP contribution >= 0.6 is 0 Å². The van der Waals surface area contributed by atoms with Gasteiger partial charge in [0.25, 0.3) is 0 Å². The highest BCUT2D eigenvalue weighted by Crippen LogP contribution is 2.15. The van der Waals surface area contributed by atoms with Crippen LogP contribution in [-0.2, 0) is 17.7 Å². The topological polar surface area (TPSA) is 72.1 Å². The summed E-state index contributed by atoms with van der Waals surface area (Å²) < 4.78 is 11.3. The lowest BCUT2D eigenvalue weighted by Gasteiger charge is -2.26. The van der Waals surface area contributed by atoms with Crippen molar-refractivity contribution in [3.8, 4) is 5.75 Å². The Hall–Kier alpha value is -2.57. The predicted octanol–water partition coefficient (Wildman–Crippen LogP) is 2.89. The van der Waals surface area contributed by atoms with Gasteiger partial charge in [-0.05, 0) is 41.8 Å². The number of nitrogens with zero attached hydrogens (tertiary/aromatic N) is 2. The first-order valence-electron chi connectivity index (χ1n) is 9.90. The van der Waals surface area contributed by atoms with Crippen molar-refractivity contribution >= 4 is 11.6 Å². The van der Waals surface area contributed by atoms with Crippen LogP contribution in [0.5, 0.6) is 5.75 Å². The molecule has 1 saturated heterocycles. The van der Waals surface area contributed by atoms with Gasteiger partial charge in [0.05, 0.1) is 19.8 Å². The second-order valence-electron chi connectivity index (χ2n) is 6.83. The zero-order valence-electron chi connectivity index (χ0n) is 16.6. The maximum Gasteiger partial charge on any atom is 0.193 e. The first-order chi connectivity index (χ1) is 13.7. The van der Waals surface area contributed by atoms with Gasteiger partial charge < -0.3 is 20.5 Å². The zero-order chi connectivity index (χ0) is 19.6. The predicted molar refractivity (Wildman–Crippen MR) is 114 cm³/mol. The molecule has 3 N–H and O–H groups in total. The summed E-state index contributed by atoms with van der Waals surface area (Å²) in [6.45, 7) is 7.80. The SMILES string of the molecule is CCc1cccc(NC(N)=NCc2cccc(OCCN3CCOCC3)c2)c1. The summed E-state index contributed by atoms with van der Waals surface area (Å²) in [5.41, 5.74) is 9.33. The van der Waals surface area contributed by atoms with Gasteiger partial charge in [0.1, 0.15) is 12.4 Å². The smallest absolute Gasteiger partial charge is 0.193 e. The number of aryl methyl sites for hydroxylation is 1. The second kappa shape index (κ2) is 10.7. The van der Waals surface area contributed by atoms with Crippen molar-refractivity contribution in [3.05, 3.63) is 59.7 Å². The molecule has 1 aliphatic heterocycles. The van der Waals surface area contributed by atoms with E-state index in [1.54, 1.807) is 0 Å². The van der Waals surface area contributed by atoms with Crippen LogP contribution in [0.3, 0.4) is 0 Å². The van der Waals surface area contributed by atoms with Gasteiger partial charge in [-0.2, -0.15) is 0 Å². The Kier molecular flexibility index (Phi) is 7.70. The Morgan fingerprint density at radius 2 is 1.93 bits per heavy atom. The van der Waals surface area contributed by atoms with Crippen molar-refractivity contribution < 1.29 is 9.47 Å². The first kappa shape index (κ1) is 20.2. The fraction of sp³-hybridized carbons (Fsp3) is 0.409. The molecule has 0 aromatic heterocycles. The Morgan fingerprint density at radius 3 is 2.75 bits per heavy atom. The van der Waals surface area contributed by atoms with Crippen molar-refractivity contribution in [1.82, 2.24) is 4.90 Å². The number of aliphatic imine (C=N–C) groups is 1. The number of benzene rings is 2. The lowest BCUT2D eigenvalue weighted by atomic mass is 10.1. The van der Waals surface area contributed by atoms with E-state index in [1.165, 1.54) is 5.56 Å². The van der Waals surface area contributed by atoms with Crippen molar-refractivity contribution in [2.45, 2.75) is 19.9 Å². The van der Waals surface area contributed by atoms with Crippen LogP contribution in [0.15, 0.2) is 53.5 Å². The van der Waals surface area contributed by atoms with Crippen LogP contribution in [0.4, 0.5) is 5.69 Å². The van der Waals surface area contributed by atoms with Crippen molar-refractivity contribution in [2.24, 2.45) is 10.7 Å². The number of nitrogens with one attached hydrogen (secondary N) is 1. The highest BCUT2D eigenvalue weighted by Gasteiger charge is 2.09. The van der Waals surface area contributed by atoms with Crippen LogP contribution in [-0.4, -0.2) is 50.3 Å². The molecular formula is C22H30N4O2. The Labute approximate surface area is 167 Å². The van der Waals surface area contributed by atoms with Gasteiger partial charge in [-0.1, -0.05) is 31.2 Å². The fourth-order valence-electron chi connectivity index (χ4n) is 3.08. The van der Waals surface area contributed by atoms with E-state index in [-0.39, 0.29) is 0 Å². The van der Waals surface area contributed by atoms with E-state index >= 15 is 0 Å². The number of ether oxygens (including phenoxy) is 2. The van der Waals surface area contributed by atoms with Gasteiger partial charge >= 0.3 is 0 Å². The normalized spacial score (nSPS) is 15.4. The molecule has 0 spiro atoms. The van der Waals surface area contributed by atoms with Crippen molar-refractivity contribution in [3.63, 3.8) is 0 Å². The highest BCUT2D eigenvalue weighted by atomic mass is 16.5. The molecule has 6 heteroatoms. The van der Waals surface area contributed by atoms with Gasteiger partial charge in [-0.25, -0.2) is 4.99 Å². The molecule has 28 heavy (non-hydrogen) atoms. The number of rotatable bonds is 8. The number of anilines is 1. The minimum absolute atomic E-state index is 0.409. The van der Waals surface area contributed by atoms with E-state index < -0.39 is 0 Å². The van der Waals surface area contributed by atoms with Crippen LogP contribution in [0.25, 0.3) is 0 Å². The van der Waals surface area contributed by atoms with E-state index in [0.29, 0.717) is 19.1 Å². The zero-order valence-corrected chi connectivity index (χ0v) is 16.6. The summed E-state index contributed by atoms with van der Waals surface area (Å²) in [6, 6.07) is 16.2. The number of morpholine rings is 1. The van der Waals surface area contributed by atoms with Gasteiger partial charge in [0.15, 0.2) is 5.96 Å². The molecule has 0 bridgehead atoms. The summed E-state index contributed by atoms with van der Waals surface area (Å²) in [5, 5.41) is 3.15. The number of hydrogen-bond donors (Lipinski definition) is 2. The monoisotopic (exact) mass is 382 g/mol. The van der Waals surface area contributed by atoms with E-state index in [2.05, 4.69) is 34.3 Å². The number of guanidine groups is 1. The molecule has 0 amide bonds. The first-order valence-corrected chi connectivity index (χ1v) is 9.90. The average molecular weight is 383 g/mol. The van der Waals surface area contributed by atoms with Crippen molar-refractivity contribution in [2.75, 3.05) is 44.8 Å². The van der Waals surface area contributed by atoms with Crippen LogP contribution in [0, 0.1) is 0 Å². The van der Waals surface area contributed by atoms with E-state index in [1.807, 2.05) is 36.4 Å². The average Bonchev–Trinajstić information content (AvgIpc) is 2.73. The molecule has 2 aromatic carbocycles. The third-order valence-corrected chi connectivity index (χ3v) is 4.72. The lowest BCUT2D eigenvalue weighted by Crippen LogP contribution is -2.38. The van der Waals surface area contributed by atoms with Gasteiger partial charge in [0, 0.05) is 25.3 Å². The summed E-state index contributed by atoms with van der Waals surface area (Å²) >= 11 is 0. The summed E-state index contributed by atoms with van der Waals surface area (Å²) in [4.78, 5) is 6.80. The summed E-state index contributed by atoms with van der Waals surface area (Å²) in [5.74, 6) is 1.27. The molecule has 1 fully saturated rings. The molecule has 0 aliphatic carbocycles. The quantitative estimate of drug-likeness (QED) is 0.543. The molecule has 0 saturated carbocycles. The van der Waals surface area contributed by atoms with Crippen LogP contribution in [0.1, 0.15) is 18.1 Å².